The van der Waals surface area contributed by atoms with Gasteiger partial charge in [0.15, 0.2) is 6.10 Å². The number of unbranched alkanes of at least 4 members (excludes halogenated alkanes) is 18. The molecule has 2 N–H and O–H groups in total. The molecule has 0 fully saturated rings. The largest absolute Gasteiger partial charge is 0.472 e. The summed E-state index contributed by atoms with van der Waals surface area (Å²) in [4.78, 5) is 48.3. The number of hydrogen-bond donors (Lipinski definition) is 2. The summed E-state index contributed by atoms with van der Waals surface area (Å²) in [5, 5.41) is 9.77. The Morgan fingerprint density at radius 1 is 0.439 bits per heavy atom. The Morgan fingerprint density at radius 2 is 0.788 bits per heavy atom. The maximum absolute atomic E-state index is 12.8. The SMILES string of the molecule is CC/C=C\C/C=C\C/C=C\CCCCCC(=O)OCC(COP(=O)(O)OCC(CO)OC(=O)CCCCCCCCCCCCCCC)OC(=O)CCCCC/C=C\C/C=C\C/C=C\CC. The van der Waals surface area contributed by atoms with Gasteiger partial charge < -0.3 is 24.2 Å². The van der Waals surface area contributed by atoms with Gasteiger partial charge in [0, 0.05) is 19.3 Å². The Balaban J connectivity index is 4.80. The van der Waals surface area contributed by atoms with Gasteiger partial charge in [0.2, 0.25) is 0 Å². The van der Waals surface area contributed by atoms with Crippen molar-refractivity contribution in [2.24, 2.45) is 0 Å². The topological polar surface area (TPSA) is 155 Å². The van der Waals surface area contributed by atoms with Crippen molar-refractivity contribution in [1.82, 2.24) is 0 Å². The number of rotatable bonds is 47. The summed E-state index contributed by atoms with van der Waals surface area (Å²) in [7, 11) is -4.75. The first-order valence-electron chi connectivity index (χ1n) is 25.8. The first-order chi connectivity index (χ1) is 32.2. The number of carbonyl (C=O) groups is 3. The Labute approximate surface area is 401 Å². The third-order valence-corrected chi connectivity index (χ3v) is 11.6. The molecule has 0 rings (SSSR count). The lowest BCUT2D eigenvalue weighted by molar-refractivity contribution is -0.161. The fraction of sp³-hybridized carbons (Fsp3) is 0.722. The predicted octanol–water partition coefficient (Wildman–Crippen LogP) is 14.6. The minimum absolute atomic E-state index is 0.124. The number of hydrogen-bond acceptors (Lipinski definition) is 10. The van der Waals surface area contributed by atoms with Gasteiger partial charge in [-0.25, -0.2) is 4.57 Å². The van der Waals surface area contributed by atoms with Gasteiger partial charge in [-0.1, -0.05) is 184 Å². The van der Waals surface area contributed by atoms with Crippen LogP contribution in [0.1, 0.15) is 213 Å². The fourth-order valence-electron chi connectivity index (χ4n) is 6.74. The molecular formula is C54H93O11P. The molecule has 0 heterocycles. The van der Waals surface area contributed by atoms with Crippen molar-refractivity contribution in [3.63, 3.8) is 0 Å². The van der Waals surface area contributed by atoms with E-state index in [0.717, 1.165) is 96.3 Å². The van der Waals surface area contributed by atoms with Crippen LogP contribution in [-0.2, 0) is 42.2 Å². The van der Waals surface area contributed by atoms with Crippen LogP contribution < -0.4 is 0 Å². The number of aliphatic hydroxyl groups is 1. The van der Waals surface area contributed by atoms with Gasteiger partial charge in [-0.2, -0.15) is 0 Å². The minimum Gasteiger partial charge on any atom is -0.462 e. The van der Waals surface area contributed by atoms with Crippen molar-refractivity contribution in [3.8, 4) is 0 Å². The highest BCUT2D eigenvalue weighted by Gasteiger charge is 2.28. The number of aliphatic hydroxyl groups excluding tert-OH is 1. The third kappa shape index (κ3) is 46.0. The number of carbonyl (C=O) groups excluding carboxylic acids is 3. The summed E-state index contributed by atoms with van der Waals surface area (Å²) >= 11 is 0. The molecule has 0 amide bonds. The van der Waals surface area contributed by atoms with Gasteiger partial charge in [-0.3, -0.25) is 23.4 Å². The van der Waals surface area contributed by atoms with Gasteiger partial charge in [0.05, 0.1) is 19.8 Å². The first-order valence-corrected chi connectivity index (χ1v) is 27.3. The average Bonchev–Trinajstić information content (AvgIpc) is 3.30. The zero-order valence-corrected chi connectivity index (χ0v) is 42.5. The standard InChI is InChI=1S/C54H93O11P/c1-4-7-10-13-16-19-22-25-28-31-34-37-40-43-52(56)61-47-51(65-54(58)45-42-39-36-33-30-27-24-21-18-15-12-9-6-3)49-63-66(59,60)62-48-50(46-55)64-53(57)44-41-38-35-32-29-26-23-20-17-14-11-8-5-2/h7,9-10,12,16,18-19,21,25,27-28,30,50-51,55H,4-6,8,11,13-15,17,20,22-24,26,29,31-49H2,1-3H3,(H,59,60)/b10-7-,12-9-,19-16-,21-18-,28-25-,30-27-. The molecule has 11 nitrogen and oxygen atoms in total. The van der Waals surface area contributed by atoms with Crippen molar-refractivity contribution in [2.75, 3.05) is 26.4 Å². The second-order valence-corrected chi connectivity index (χ2v) is 18.4. The van der Waals surface area contributed by atoms with Crippen molar-refractivity contribution in [2.45, 2.75) is 226 Å². The van der Waals surface area contributed by atoms with Gasteiger partial charge >= 0.3 is 25.7 Å². The lowest BCUT2D eigenvalue weighted by Gasteiger charge is -2.21. The second kappa shape index (κ2) is 48.4. The molecule has 3 unspecified atom stereocenters. The quantitative estimate of drug-likeness (QED) is 0.0197. The highest BCUT2D eigenvalue weighted by molar-refractivity contribution is 7.47. The number of allylic oxidation sites excluding steroid dienone is 12. The van der Waals surface area contributed by atoms with Crippen LogP contribution >= 0.6 is 7.82 Å². The van der Waals surface area contributed by atoms with E-state index in [9.17, 15) is 28.9 Å². The molecule has 0 radical (unpaired) electrons. The molecule has 0 bridgehead atoms. The van der Waals surface area contributed by atoms with Gasteiger partial charge in [-0.05, 0) is 83.5 Å². The van der Waals surface area contributed by atoms with Crippen molar-refractivity contribution < 1.29 is 52.2 Å². The van der Waals surface area contributed by atoms with E-state index in [1.807, 2.05) is 0 Å². The summed E-state index contributed by atoms with van der Waals surface area (Å²) in [6.07, 6.45) is 51.6. The third-order valence-electron chi connectivity index (χ3n) is 10.6. The summed E-state index contributed by atoms with van der Waals surface area (Å²) in [5.41, 5.74) is 0. The van der Waals surface area contributed by atoms with E-state index in [4.69, 9.17) is 23.3 Å². The van der Waals surface area contributed by atoms with Crippen LogP contribution in [0.4, 0.5) is 0 Å². The predicted molar refractivity (Wildman–Crippen MR) is 270 cm³/mol. The number of phosphoric acid groups is 1. The lowest BCUT2D eigenvalue weighted by Crippen LogP contribution is -2.30. The summed E-state index contributed by atoms with van der Waals surface area (Å²) in [6.45, 7) is 4.33. The monoisotopic (exact) mass is 949 g/mol. The molecule has 380 valence electrons. The van der Waals surface area contributed by atoms with Crippen molar-refractivity contribution >= 4 is 25.7 Å². The van der Waals surface area contributed by atoms with E-state index in [1.165, 1.54) is 57.8 Å². The van der Waals surface area contributed by atoms with Crippen LogP contribution in [0.5, 0.6) is 0 Å². The minimum atomic E-state index is -4.75. The van der Waals surface area contributed by atoms with Gasteiger partial charge in [0.25, 0.3) is 0 Å². The molecule has 0 aliphatic heterocycles. The Hall–Kier alpha value is -3.08. The van der Waals surface area contributed by atoms with Crippen LogP contribution in [0.2, 0.25) is 0 Å². The fourth-order valence-corrected chi connectivity index (χ4v) is 7.52. The molecule has 3 atom stereocenters. The van der Waals surface area contributed by atoms with E-state index in [2.05, 4.69) is 93.7 Å². The molecule has 0 aromatic carbocycles. The molecule has 0 saturated carbocycles. The molecule has 0 saturated heterocycles. The Morgan fingerprint density at radius 3 is 1.21 bits per heavy atom. The zero-order valence-electron chi connectivity index (χ0n) is 41.6. The maximum Gasteiger partial charge on any atom is 0.472 e. The molecule has 12 heteroatoms. The molecule has 0 aliphatic rings. The van der Waals surface area contributed by atoms with Gasteiger partial charge in [-0.15, -0.1) is 0 Å². The Kier molecular flexibility index (Phi) is 46.1. The lowest BCUT2D eigenvalue weighted by atomic mass is 10.0. The second-order valence-electron chi connectivity index (χ2n) is 16.9. The summed E-state index contributed by atoms with van der Waals surface area (Å²) in [6, 6.07) is 0. The number of esters is 3. The molecular weight excluding hydrogens is 856 g/mol. The average molecular weight is 949 g/mol. The van der Waals surface area contributed by atoms with E-state index >= 15 is 0 Å². The first kappa shape index (κ1) is 62.9. The maximum atomic E-state index is 12.8. The van der Waals surface area contributed by atoms with Crippen LogP contribution in [0.3, 0.4) is 0 Å². The molecule has 0 spiro atoms. The summed E-state index contributed by atoms with van der Waals surface area (Å²) in [5.74, 6) is -1.54. The molecule has 0 aromatic rings. The van der Waals surface area contributed by atoms with Crippen LogP contribution in [0, 0.1) is 0 Å². The van der Waals surface area contributed by atoms with Crippen molar-refractivity contribution in [1.29, 1.82) is 0 Å². The highest BCUT2D eigenvalue weighted by Crippen LogP contribution is 2.43. The molecule has 66 heavy (non-hydrogen) atoms. The summed E-state index contributed by atoms with van der Waals surface area (Å²) < 4.78 is 39.3. The number of ether oxygens (including phenoxy) is 3. The molecule has 0 aromatic heterocycles. The highest BCUT2D eigenvalue weighted by atomic mass is 31.2. The van der Waals surface area contributed by atoms with Crippen LogP contribution in [-0.4, -0.2) is 66.5 Å². The van der Waals surface area contributed by atoms with Crippen molar-refractivity contribution in [3.05, 3.63) is 72.9 Å². The van der Waals surface area contributed by atoms with Crippen LogP contribution in [0.25, 0.3) is 0 Å². The van der Waals surface area contributed by atoms with E-state index in [1.54, 1.807) is 0 Å². The normalized spacial score (nSPS) is 14.1. The van der Waals surface area contributed by atoms with Gasteiger partial charge in [0.1, 0.15) is 12.7 Å². The smallest absolute Gasteiger partial charge is 0.462 e. The van der Waals surface area contributed by atoms with E-state index in [0.29, 0.717) is 19.3 Å². The van der Waals surface area contributed by atoms with E-state index in [-0.39, 0.29) is 25.9 Å². The van der Waals surface area contributed by atoms with E-state index < -0.39 is 57.8 Å². The number of phosphoric ester groups is 1. The van der Waals surface area contributed by atoms with Crippen LogP contribution in [0.15, 0.2) is 72.9 Å². The Bertz CT molecular complexity index is 1390. The zero-order chi connectivity index (χ0) is 48.4. The molecule has 0 aliphatic carbocycles.